The van der Waals surface area contributed by atoms with Gasteiger partial charge in [-0.25, -0.2) is 0 Å². The normalized spacial score (nSPS) is 11.4. The Morgan fingerprint density at radius 2 is 1.79 bits per heavy atom. The van der Waals surface area contributed by atoms with Gasteiger partial charge in [0, 0.05) is 0 Å². The van der Waals surface area contributed by atoms with Gasteiger partial charge in [-0.1, -0.05) is 30.3 Å². The fraction of sp³-hybridized carbons (Fsp3) is 0.188. The molecule has 2 aromatic carbocycles. The Morgan fingerprint density at radius 1 is 1.08 bits per heavy atom. The molecule has 0 radical (unpaired) electrons. The van der Waals surface area contributed by atoms with Crippen LogP contribution >= 0.6 is 0 Å². The minimum Gasteiger partial charge on any atom is -0.433 e. The maximum Gasteiger partial charge on any atom is 0.416 e. The van der Waals surface area contributed by atoms with Crippen molar-refractivity contribution in [1.82, 2.24) is 0 Å². The van der Waals surface area contributed by atoms with Crippen molar-refractivity contribution in [1.29, 1.82) is 0 Å². The van der Waals surface area contributed by atoms with Crippen molar-refractivity contribution < 1.29 is 31.5 Å². The third-order valence-corrected chi connectivity index (χ3v) is 3.00. The number of nitrogens with one attached hydrogen (secondary N) is 1. The Hall–Kier alpha value is -2.64. The van der Waals surface area contributed by atoms with Gasteiger partial charge in [-0.2, -0.15) is 22.0 Å². The van der Waals surface area contributed by atoms with E-state index in [1.54, 1.807) is 0 Å². The van der Waals surface area contributed by atoms with Gasteiger partial charge in [0.15, 0.2) is 0 Å². The first-order valence-electron chi connectivity index (χ1n) is 6.75. The van der Waals surface area contributed by atoms with Gasteiger partial charge in [0.1, 0.15) is 5.75 Å². The highest BCUT2D eigenvalue weighted by atomic mass is 19.4. The Morgan fingerprint density at radius 3 is 2.46 bits per heavy atom. The van der Waals surface area contributed by atoms with E-state index in [0.29, 0.717) is 0 Å². The second-order valence-electron chi connectivity index (χ2n) is 4.80. The molecule has 0 aliphatic heterocycles. The Bertz CT molecular complexity index is 716. The molecule has 2 aromatic rings. The number of hydrogen-bond donors (Lipinski definition) is 1. The molecule has 0 bridgehead atoms. The Kier molecular flexibility index (Phi) is 5.38. The second kappa shape index (κ2) is 7.29. The Labute approximate surface area is 134 Å². The average molecular weight is 345 g/mol. The van der Waals surface area contributed by atoms with Crippen molar-refractivity contribution in [3.05, 3.63) is 59.7 Å². The Balaban J connectivity index is 2.09. The molecule has 0 atom stereocenters. The van der Waals surface area contributed by atoms with E-state index in [-0.39, 0.29) is 23.4 Å². The summed E-state index contributed by atoms with van der Waals surface area (Å²) < 4.78 is 66.8. The maximum absolute atomic E-state index is 12.6. The summed E-state index contributed by atoms with van der Waals surface area (Å²) in [6.45, 7) is -3.06. The molecule has 0 heterocycles. The number of ether oxygens (including phenoxy) is 1. The van der Waals surface area contributed by atoms with Crippen LogP contribution in [0.5, 0.6) is 5.75 Å². The van der Waals surface area contributed by atoms with Crippen molar-refractivity contribution >= 4 is 11.6 Å². The molecule has 0 unspecified atom stereocenters. The monoisotopic (exact) mass is 345 g/mol. The third-order valence-electron chi connectivity index (χ3n) is 3.00. The molecule has 1 amide bonds. The van der Waals surface area contributed by atoms with E-state index in [1.807, 2.05) is 0 Å². The molecule has 0 aliphatic carbocycles. The summed E-state index contributed by atoms with van der Waals surface area (Å²) in [7, 11) is 0. The van der Waals surface area contributed by atoms with Gasteiger partial charge in [0.25, 0.3) is 0 Å². The summed E-state index contributed by atoms with van der Waals surface area (Å²) in [6, 6.07) is 9.86. The van der Waals surface area contributed by atoms with E-state index in [4.69, 9.17) is 0 Å². The molecule has 0 spiro atoms. The third kappa shape index (κ3) is 4.94. The van der Waals surface area contributed by atoms with E-state index in [1.165, 1.54) is 36.4 Å². The minimum absolute atomic E-state index is 0.00905. The molecule has 0 saturated heterocycles. The number of carbonyl (C=O) groups is 1. The van der Waals surface area contributed by atoms with Gasteiger partial charge >= 0.3 is 12.8 Å². The molecule has 3 nitrogen and oxygen atoms in total. The van der Waals surface area contributed by atoms with E-state index in [0.717, 1.165) is 12.1 Å². The lowest BCUT2D eigenvalue weighted by atomic mass is 10.1. The summed E-state index contributed by atoms with van der Waals surface area (Å²) >= 11 is 0. The first-order valence-corrected chi connectivity index (χ1v) is 6.75. The highest BCUT2D eigenvalue weighted by Gasteiger charge is 2.30. The predicted octanol–water partition coefficient (Wildman–Crippen LogP) is 4.49. The molecule has 0 aliphatic rings. The van der Waals surface area contributed by atoms with Gasteiger partial charge in [0.05, 0.1) is 17.7 Å². The standard InChI is InChI=1S/C16H12F5NO2/c17-15(18)24-13-7-2-1-6-12(13)22-14(23)9-10-4-3-5-11(8-10)16(19,20)21/h1-8,15H,9H2,(H,22,23). The summed E-state index contributed by atoms with van der Waals surface area (Å²) in [5.41, 5.74) is -0.710. The predicted molar refractivity (Wildman–Crippen MR) is 76.9 cm³/mol. The quantitative estimate of drug-likeness (QED) is 0.811. The van der Waals surface area contributed by atoms with Crippen LogP contribution < -0.4 is 10.1 Å². The number of rotatable bonds is 5. The topological polar surface area (TPSA) is 38.3 Å². The van der Waals surface area contributed by atoms with Gasteiger partial charge in [-0.05, 0) is 23.8 Å². The van der Waals surface area contributed by atoms with Gasteiger partial charge in [-0.3, -0.25) is 4.79 Å². The smallest absolute Gasteiger partial charge is 0.416 e. The number of amides is 1. The van der Waals surface area contributed by atoms with Crippen molar-refractivity contribution in [2.45, 2.75) is 19.2 Å². The number of carbonyl (C=O) groups excluding carboxylic acids is 1. The van der Waals surface area contributed by atoms with Crippen LogP contribution in [0.15, 0.2) is 48.5 Å². The lowest BCUT2D eigenvalue weighted by Crippen LogP contribution is -2.16. The van der Waals surface area contributed by atoms with E-state index in [9.17, 15) is 26.7 Å². The number of alkyl halides is 5. The highest BCUT2D eigenvalue weighted by Crippen LogP contribution is 2.30. The van der Waals surface area contributed by atoms with Crippen molar-refractivity contribution in [2.75, 3.05) is 5.32 Å². The number of anilines is 1. The molecule has 2 rings (SSSR count). The van der Waals surface area contributed by atoms with Crippen LogP contribution in [0.1, 0.15) is 11.1 Å². The second-order valence-corrected chi connectivity index (χ2v) is 4.80. The summed E-state index contributed by atoms with van der Waals surface area (Å²) in [4.78, 5) is 11.9. The molecule has 24 heavy (non-hydrogen) atoms. The zero-order valence-corrected chi connectivity index (χ0v) is 12.1. The van der Waals surface area contributed by atoms with Crippen molar-refractivity contribution in [3.63, 3.8) is 0 Å². The first kappa shape index (κ1) is 17.7. The molecule has 1 N–H and O–H groups in total. The molecule has 0 fully saturated rings. The lowest BCUT2D eigenvalue weighted by Gasteiger charge is -2.12. The van der Waals surface area contributed by atoms with Crippen LogP contribution in [0.25, 0.3) is 0 Å². The van der Waals surface area contributed by atoms with Crippen LogP contribution in [-0.2, 0) is 17.4 Å². The summed E-state index contributed by atoms with van der Waals surface area (Å²) in [6.07, 6.45) is -4.85. The first-order chi connectivity index (χ1) is 11.3. The van der Waals surface area contributed by atoms with Crippen molar-refractivity contribution in [2.24, 2.45) is 0 Å². The maximum atomic E-state index is 12.6. The molecule has 0 saturated carbocycles. The van der Waals surface area contributed by atoms with Crippen LogP contribution in [-0.4, -0.2) is 12.5 Å². The zero-order valence-electron chi connectivity index (χ0n) is 12.1. The number of halogens is 5. The van der Waals surface area contributed by atoms with E-state index < -0.39 is 24.3 Å². The minimum atomic E-state index is -4.51. The van der Waals surface area contributed by atoms with Crippen molar-refractivity contribution in [3.8, 4) is 5.75 Å². The summed E-state index contributed by atoms with van der Waals surface area (Å²) in [5.74, 6) is -0.885. The number of benzene rings is 2. The molecular weight excluding hydrogens is 333 g/mol. The van der Waals surface area contributed by atoms with Gasteiger partial charge in [-0.15, -0.1) is 0 Å². The number of para-hydroxylation sites is 2. The molecule has 8 heteroatoms. The fourth-order valence-electron chi connectivity index (χ4n) is 2.01. The van der Waals surface area contributed by atoms with E-state index in [2.05, 4.69) is 10.1 Å². The summed E-state index contributed by atoms with van der Waals surface area (Å²) in [5, 5.41) is 2.34. The molecular formula is C16H12F5NO2. The highest BCUT2D eigenvalue weighted by molar-refractivity contribution is 5.93. The van der Waals surface area contributed by atoms with E-state index >= 15 is 0 Å². The SMILES string of the molecule is O=C(Cc1cccc(C(F)(F)F)c1)Nc1ccccc1OC(F)F. The van der Waals surface area contributed by atoms with Crippen LogP contribution in [0.2, 0.25) is 0 Å². The van der Waals surface area contributed by atoms with Crippen LogP contribution in [0.3, 0.4) is 0 Å². The fourth-order valence-corrected chi connectivity index (χ4v) is 2.01. The van der Waals surface area contributed by atoms with Crippen LogP contribution in [0.4, 0.5) is 27.6 Å². The largest absolute Gasteiger partial charge is 0.433 e. The molecule has 128 valence electrons. The average Bonchev–Trinajstić information content (AvgIpc) is 2.48. The zero-order chi connectivity index (χ0) is 17.7. The number of hydrogen-bond acceptors (Lipinski definition) is 2. The van der Waals surface area contributed by atoms with Crippen LogP contribution in [0, 0.1) is 0 Å². The lowest BCUT2D eigenvalue weighted by molar-refractivity contribution is -0.137. The van der Waals surface area contributed by atoms with Gasteiger partial charge in [0.2, 0.25) is 5.91 Å². The molecule has 0 aromatic heterocycles. The van der Waals surface area contributed by atoms with Gasteiger partial charge < -0.3 is 10.1 Å².